The second kappa shape index (κ2) is 2.73. The van der Waals surface area contributed by atoms with E-state index in [0.29, 0.717) is 24.9 Å². The van der Waals surface area contributed by atoms with E-state index >= 15 is 0 Å². The number of ether oxygens (including phenoxy) is 1. The summed E-state index contributed by atoms with van der Waals surface area (Å²) >= 11 is 0. The highest BCUT2D eigenvalue weighted by atomic mass is 16.5. The number of rotatable bonds is 0. The van der Waals surface area contributed by atoms with E-state index in [1.807, 2.05) is 0 Å². The average molecular weight is 170 g/mol. The maximum atomic E-state index is 10.9. The largest absolute Gasteiger partial charge is 0.465 e. The van der Waals surface area contributed by atoms with Gasteiger partial charge in [-0.1, -0.05) is 6.92 Å². The minimum absolute atomic E-state index is 0.149. The molecule has 1 aliphatic heterocycles. The maximum absolute atomic E-state index is 10.9. The summed E-state index contributed by atoms with van der Waals surface area (Å²) in [6.07, 6.45) is 0.958. The smallest absolute Gasteiger partial charge is 0.306 e. The molecule has 2 fully saturated rings. The Balaban J connectivity index is 2.11. The number of hydrogen-bond acceptors (Lipinski definition) is 3. The van der Waals surface area contributed by atoms with Crippen molar-refractivity contribution in [1.29, 1.82) is 0 Å². The van der Waals surface area contributed by atoms with Crippen LogP contribution in [0.25, 0.3) is 0 Å². The van der Waals surface area contributed by atoms with Gasteiger partial charge in [0.2, 0.25) is 0 Å². The van der Waals surface area contributed by atoms with Crippen molar-refractivity contribution >= 4 is 5.97 Å². The molecule has 0 aromatic carbocycles. The number of esters is 1. The molecular formula is C9H14O3. The SMILES string of the molecule is C[C@H]1C[C@@H](O)[C@@H]2CC(=O)OC[C@@H]21. The predicted molar refractivity (Wildman–Crippen MR) is 42.3 cm³/mol. The summed E-state index contributed by atoms with van der Waals surface area (Å²) in [5.41, 5.74) is 0. The van der Waals surface area contributed by atoms with Gasteiger partial charge in [0.25, 0.3) is 0 Å². The molecule has 1 saturated carbocycles. The first kappa shape index (κ1) is 8.05. The minimum atomic E-state index is -0.280. The monoisotopic (exact) mass is 170 g/mol. The van der Waals surface area contributed by atoms with Crippen molar-refractivity contribution in [2.24, 2.45) is 17.8 Å². The van der Waals surface area contributed by atoms with Crippen LogP contribution in [0.5, 0.6) is 0 Å². The minimum Gasteiger partial charge on any atom is -0.465 e. The molecule has 0 aromatic heterocycles. The molecule has 1 N–H and O–H groups in total. The van der Waals surface area contributed by atoms with Gasteiger partial charge in [0.1, 0.15) is 0 Å². The highest BCUT2D eigenvalue weighted by Gasteiger charge is 2.44. The van der Waals surface area contributed by atoms with Crippen molar-refractivity contribution in [1.82, 2.24) is 0 Å². The molecule has 3 heteroatoms. The average Bonchev–Trinajstić information content (AvgIpc) is 2.28. The van der Waals surface area contributed by atoms with Gasteiger partial charge in [-0.3, -0.25) is 4.79 Å². The molecular weight excluding hydrogens is 156 g/mol. The molecule has 0 bridgehead atoms. The standard InChI is InChI=1S/C9H14O3/c1-5-2-8(10)6-3-9(11)12-4-7(5)6/h5-8,10H,2-4H2,1H3/t5-,6+,7+,8+/m0/s1. The summed E-state index contributed by atoms with van der Waals surface area (Å²) in [5, 5.41) is 9.60. The highest BCUT2D eigenvalue weighted by molar-refractivity contribution is 5.70. The van der Waals surface area contributed by atoms with E-state index in [-0.39, 0.29) is 18.0 Å². The first-order valence-electron chi connectivity index (χ1n) is 4.52. The zero-order chi connectivity index (χ0) is 8.72. The molecule has 1 saturated heterocycles. The van der Waals surface area contributed by atoms with Gasteiger partial charge in [-0.15, -0.1) is 0 Å². The molecule has 12 heavy (non-hydrogen) atoms. The number of aliphatic hydroxyl groups excluding tert-OH is 1. The number of carbonyl (C=O) groups excluding carboxylic acids is 1. The normalized spacial score (nSPS) is 47.0. The number of fused-ring (bicyclic) bond motifs is 1. The third-order valence-electron chi connectivity index (χ3n) is 3.23. The van der Waals surface area contributed by atoms with Gasteiger partial charge in [0.15, 0.2) is 0 Å². The molecule has 4 atom stereocenters. The Morgan fingerprint density at radius 2 is 2.25 bits per heavy atom. The molecule has 1 aliphatic carbocycles. The van der Waals surface area contributed by atoms with E-state index in [0.717, 1.165) is 6.42 Å². The van der Waals surface area contributed by atoms with Crippen LogP contribution in [0.15, 0.2) is 0 Å². The van der Waals surface area contributed by atoms with Crippen LogP contribution in [-0.4, -0.2) is 23.8 Å². The molecule has 2 rings (SSSR count). The predicted octanol–water partition coefficient (Wildman–Crippen LogP) is 0.566. The van der Waals surface area contributed by atoms with Crippen LogP contribution < -0.4 is 0 Å². The molecule has 68 valence electrons. The van der Waals surface area contributed by atoms with Crippen molar-refractivity contribution < 1.29 is 14.6 Å². The number of hydrogen-bond donors (Lipinski definition) is 1. The molecule has 3 nitrogen and oxygen atoms in total. The van der Waals surface area contributed by atoms with Gasteiger partial charge >= 0.3 is 5.97 Å². The number of cyclic esters (lactones) is 1. The first-order chi connectivity index (χ1) is 5.68. The van der Waals surface area contributed by atoms with Crippen LogP contribution in [0.3, 0.4) is 0 Å². The lowest BCUT2D eigenvalue weighted by Crippen LogP contribution is -2.33. The summed E-state index contributed by atoms with van der Waals surface area (Å²) in [4.78, 5) is 10.9. The summed E-state index contributed by atoms with van der Waals surface area (Å²) in [6.45, 7) is 2.63. The van der Waals surface area contributed by atoms with Gasteiger partial charge in [0.05, 0.1) is 19.1 Å². The van der Waals surface area contributed by atoms with Crippen molar-refractivity contribution in [3.63, 3.8) is 0 Å². The van der Waals surface area contributed by atoms with Gasteiger partial charge in [-0.25, -0.2) is 0 Å². The lowest BCUT2D eigenvalue weighted by Gasteiger charge is -2.27. The third-order valence-corrected chi connectivity index (χ3v) is 3.23. The van der Waals surface area contributed by atoms with Gasteiger partial charge in [-0.2, -0.15) is 0 Å². The zero-order valence-electron chi connectivity index (χ0n) is 7.19. The molecule has 0 unspecified atom stereocenters. The highest BCUT2D eigenvalue weighted by Crippen LogP contribution is 2.41. The van der Waals surface area contributed by atoms with Crippen LogP contribution in [0.2, 0.25) is 0 Å². The second-order valence-corrected chi connectivity index (χ2v) is 4.00. The fourth-order valence-corrected chi connectivity index (χ4v) is 2.45. The maximum Gasteiger partial charge on any atom is 0.306 e. The summed E-state index contributed by atoms with van der Waals surface area (Å²) < 4.78 is 4.96. The van der Waals surface area contributed by atoms with Gasteiger partial charge < -0.3 is 9.84 Å². The van der Waals surface area contributed by atoms with Crippen molar-refractivity contribution in [2.45, 2.75) is 25.9 Å². The van der Waals surface area contributed by atoms with Crippen molar-refractivity contribution in [2.75, 3.05) is 6.61 Å². The Morgan fingerprint density at radius 1 is 1.50 bits per heavy atom. The molecule has 1 heterocycles. The van der Waals surface area contributed by atoms with E-state index in [4.69, 9.17) is 4.74 Å². The van der Waals surface area contributed by atoms with Crippen LogP contribution in [0.1, 0.15) is 19.8 Å². The molecule has 0 radical (unpaired) electrons. The Kier molecular flexibility index (Phi) is 1.83. The van der Waals surface area contributed by atoms with Crippen LogP contribution in [-0.2, 0) is 9.53 Å². The molecule has 0 aromatic rings. The lowest BCUT2D eigenvalue weighted by molar-refractivity contribution is -0.154. The van der Waals surface area contributed by atoms with E-state index in [1.54, 1.807) is 0 Å². The quantitative estimate of drug-likeness (QED) is 0.540. The molecule has 0 amide bonds. The Hall–Kier alpha value is -0.570. The fourth-order valence-electron chi connectivity index (χ4n) is 2.45. The zero-order valence-corrected chi connectivity index (χ0v) is 7.19. The van der Waals surface area contributed by atoms with Crippen LogP contribution >= 0.6 is 0 Å². The number of carbonyl (C=O) groups is 1. The van der Waals surface area contributed by atoms with E-state index in [1.165, 1.54) is 0 Å². The Labute approximate surface area is 71.7 Å². The molecule has 2 aliphatic rings. The van der Waals surface area contributed by atoms with Crippen LogP contribution in [0, 0.1) is 17.8 Å². The third kappa shape index (κ3) is 1.12. The van der Waals surface area contributed by atoms with E-state index in [2.05, 4.69) is 6.92 Å². The summed E-state index contributed by atoms with van der Waals surface area (Å²) in [6, 6.07) is 0. The van der Waals surface area contributed by atoms with Crippen LogP contribution in [0.4, 0.5) is 0 Å². The second-order valence-electron chi connectivity index (χ2n) is 4.00. The number of aliphatic hydroxyl groups is 1. The summed E-state index contributed by atoms with van der Waals surface area (Å²) in [5.74, 6) is 0.918. The lowest BCUT2D eigenvalue weighted by atomic mass is 9.87. The summed E-state index contributed by atoms with van der Waals surface area (Å²) in [7, 11) is 0. The Morgan fingerprint density at radius 3 is 3.00 bits per heavy atom. The van der Waals surface area contributed by atoms with E-state index in [9.17, 15) is 9.90 Å². The van der Waals surface area contributed by atoms with Gasteiger partial charge in [-0.05, 0) is 12.3 Å². The van der Waals surface area contributed by atoms with Crippen molar-refractivity contribution in [3.05, 3.63) is 0 Å². The van der Waals surface area contributed by atoms with E-state index < -0.39 is 0 Å². The fraction of sp³-hybridized carbons (Fsp3) is 0.889. The van der Waals surface area contributed by atoms with Crippen molar-refractivity contribution in [3.8, 4) is 0 Å². The van der Waals surface area contributed by atoms with Gasteiger partial charge in [0, 0.05) is 11.8 Å². The first-order valence-corrected chi connectivity index (χ1v) is 4.52. The molecule has 0 spiro atoms. The topological polar surface area (TPSA) is 46.5 Å². The Bertz CT molecular complexity index is 202.